The van der Waals surface area contributed by atoms with Gasteiger partial charge in [-0.3, -0.25) is 4.79 Å². The molecule has 1 unspecified atom stereocenters. The predicted octanol–water partition coefficient (Wildman–Crippen LogP) is 1.43. The lowest BCUT2D eigenvalue weighted by molar-refractivity contribution is -0.117. The van der Waals surface area contributed by atoms with Gasteiger partial charge in [-0.2, -0.15) is 4.72 Å². The van der Waals surface area contributed by atoms with Crippen LogP contribution < -0.4 is 24.8 Å². The summed E-state index contributed by atoms with van der Waals surface area (Å²) in [6.45, 7) is 2.76. The molecule has 1 amide bonds. The summed E-state index contributed by atoms with van der Waals surface area (Å²) in [6.07, 6.45) is -1.12. The zero-order valence-electron chi connectivity index (χ0n) is 13.9. The number of hydrogen-bond donors (Lipinski definition) is 3. The third-order valence-corrected chi connectivity index (χ3v) is 5.55. The maximum Gasteiger partial charge on any atom is 0.262 e. The molecule has 2 aromatic carbocycles. The minimum atomic E-state index is -3.78. The molecule has 0 bridgehead atoms. The van der Waals surface area contributed by atoms with E-state index in [-0.39, 0.29) is 4.90 Å². The number of anilines is 2. The molecule has 2 aromatic rings. The third-order valence-electron chi connectivity index (χ3n) is 4.07. The Morgan fingerprint density at radius 2 is 1.88 bits per heavy atom. The van der Waals surface area contributed by atoms with E-state index in [1.807, 2.05) is 6.92 Å². The van der Waals surface area contributed by atoms with Gasteiger partial charge >= 0.3 is 0 Å². The van der Waals surface area contributed by atoms with Gasteiger partial charge < -0.3 is 20.1 Å². The van der Waals surface area contributed by atoms with E-state index in [2.05, 4.69) is 15.4 Å². The van der Waals surface area contributed by atoms with Gasteiger partial charge in [0, 0.05) is 11.8 Å². The van der Waals surface area contributed by atoms with E-state index in [0.717, 1.165) is 5.56 Å². The van der Waals surface area contributed by atoms with Crippen molar-refractivity contribution >= 4 is 27.3 Å². The molecule has 2 aliphatic heterocycles. The summed E-state index contributed by atoms with van der Waals surface area (Å²) < 4.78 is 38.0. The van der Waals surface area contributed by atoms with Crippen molar-refractivity contribution in [2.45, 2.75) is 18.0 Å². The molecule has 1 atom stereocenters. The number of benzene rings is 2. The summed E-state index contributed by atoms with van der Waals surface area (Å²) in [5.74, 6) is 0.611. The van der Waals surface area contributed by atoms with Gasteiger partial charge in [0.05, 0.1) is 5.69 Å². The van der Waals surface area contributed by atoms with Crippen molar-refractivity contribution in [3.8, 4) is 11.5 Å². The number of sulfonamides is 1. The van der Waals surface area contributed by atoms with Crippen LogP contribution in [0.3, 0.4) is 0 Å². The average Bonchev–Trinajstić information content (AvgIpc) is 2.60. The second kappa shape index (κ2) is 6.19. The molecule has 4 rings (SSSR count). The summed E-state index contributed by atoms with van der Waals surface area (Å²) in [5, 5.41) is 5.60. The van der Waals surface area contributed by atoms with Crippen LogP contribution in [0.15, 0.2) is 41.3 Å². The number of fused-ring (bicyclic) bond motifs is 2. The fourth-order valence-electron chi connectivity index (χ4n) is 2.85. The summed E-state index contributed by atoms with van der Waals surface area (Å²) in [4.78, 5) is 12.7. The molecule has 136 valence electrons. The quantitative estimate of drug-likeness (QED) is 0.733. The van der Waals surface area contributed by atoms with E-state index < -0.39 is 22.1 Å². The van der Waals surface area contributed by atoms with E-state index >= 15 is 0 Å². The Kier molecular flexibility index (Phi) is 3.97. The van der Waals surface area contributed by atoms with E-state index in [1.165, 1.54) is 6.07 Å². The summed E-state index contributed by atoms with van der Waals surface area (Å²) in [7, 11) is -3.78. The van der Waals surface area contributed by atoms with E-state index in [4.69, 9.17) is 9.47 Å². The molecule has 0 aromatic heterocycles. The smallest absolute Gasteiger partial charge is 0.262 e. The first-order chi connectivity index (χ1) is 12.4. The first kappa shape index (κ1) is 16.7. The highest BCUT2D eigenvalue weighted by atomic mass is 32.2. The lowest BCUT2D eigenvalue weighted by Crippen LogP contribution is -2.51. The number of carbonyl (C=O) groups excluding carboxylic acids is 1. The van der Waals surface area contributed by atoms with Crippen LogP contribution in [0.1, 0.15) is 5.56 Å². The van der Waals surface area contributed by atoms with Crippen LogP contribution in [0.2, 0.25) is 0 Å². The van der Waals surface area contributed by atoms with E-state index in [0.29, 0.717) is 36.1 Å². The SMILES string of the molecule is Cc1ccc2c(c1)NC(C(=O)Nc1ccc3c(c1)OCCO3)NS2(=O)=O. The van der Waals surface area contributed by atoms with Crippen molar-refractivity contribution in [1.82, 2.24) is 4.72 Å². The Morgan fingerprint density at radius 1 is 1.12 bits per heavy atom. The predicted molar refractivity (Wildman–Crippen MR) is 95.0 cm³/mol. The topological polar surface area (TPSA) is 106 Å². The zero-order valence-corrected chi connectivity index (χ0v) is 14.7. The Morgan fingerprint density at radius 3 is 2.69 bits per heavy atom. The van der Waals surface area contributed by atoms with E-state index in [1.54, 1.807) is 30.3 Å². The van der Waals surface area contributed by atoms with Gasteiger partial charge in [0.25, 0.3) is 5.91 Å². The number of carbonyl (C=O) groups is 1. The third kappa shape index (κ3) is 3.06. The van der Waals surface area contributed by atoms with Crippen LogP contribution in [0.5, 0.6) is 11.5 Å². The van der Waals surface area contributed by atoms with Crippen LogP contribution in [-0.2, 0) is 14.8 Å². The van der Waals surface area contributed by atoms with Crippen molar-refractivity contribution in [2.24, 2.45) is 0 Å². The minimum Gasteiger partial charge on any atom is -0.486 e. The first-order valence-electron chi connectivity index (χ1n) is 8.02. The second-order valence-corrected chi connectivity index (χ2v) is 7.73. The fourth-order valence-corrected chi connectivity index (χ4v) is 4.11. The van der Waals surface area contributed by atoms with Gasteiger partial charge in [0.1, 0.15) is 18.1 Å². The summed E-state index contributed by atoms with van der Waals surface area (Å²) in [6, 6.07) is 9.91. The van der Waals surface area contributed by atoms with Crippen molar-refractivity contribution in [3.05, 3.63) is 42.0 Å². The number of amides is 1. The number of hydrogen-bond acceptors (Lipinski definition) is 6. The maximum atomic E-state index is 12.5. The first-order valence-corrected chi connectivity index (χ1v) is 9.51. The molecule has 0 spiro atoms. The molecule has 2 aliphatic rings. The number of aryl methyl sites for hydroxylation is 1. The van der Waals surface area contributed by atoms with Crippen molar-refractivity contribution in [3.63, 3.8) is 0 Å². The molecular weight excluding hydrogens is 358 g/mol. The highest BCUT2D eigenvalue weighted by Gasteiger charge is 2.33. The molecule has 0 radical (unpaired) electrons. The van der Waals surface area contributed by atoms with Gasteiger partial charge in [0.2, 0.25) is 10.0 Å². The minimum absolute atomic E-state index is 0.117. The Balaban J connectivity index is 1.56. The van der Waals surface area contributed by atoms with Crippen molar-refractivity contribution in [1.29, 1.82) is 0 Å². The summed E-state index contributed by atoms with van der Waals surface area (Å²) in [5.41, 5.74) is 1.76. The van der Waals surface area contributed by atoms with E-state index in [9.17, 15) is 13.2 Å². The molecule has 0 fully saturated rings. The number of nitrogens with one attached hydrogen (secondary N) is 3. The molecule has 3 N–H and O–H groups in total. The van der Waals surface area contributed by atoms with Crippen LogP contribution in [0.25, 0.3) is 0 Å². The highest BCUT2D eigenvalue weighted by molar-refractivity contribution is 7.89. The Bertz CT molecular complexity index is 990. The van der Waals surface area contributed by atoms with Gasteiger partial charge in [-0.05, 0) is 36.8 Å². The maximum absolute atomic E-state index is 12.5. The monoisotopic (exact) mass is 375 g/mol. The number of ether oxygens (including phenoxy) is 2. The fraction of sp³-hybridized carbons (Fsp3) is 0.235. The molecular formula is C17H17N3O5S. The van der Waals surface area contributed by atoms with Gasteiger partial charge in [0.15, 0.2) is 17.7 Å². The zero-order chi connectivity index (χ0) is 18.3. The molecule has 9 heteroatoms. The lowest BCUT2D eigenvalue weighted by atomic mass is 10.2. The number of rotatable bonds is 2. The van der Waals surface area contributed by atoms with Crippen molar-refractivity contribution in [2.75, 3.05) is 23.8 Å². The standard InChI is InChI=1S/C17H17N3O5S/c1-10-2-5-15-12(8-10)19-16(20-26(15,22)23)17(21)18-11-3-4-13-14(9-11)25-7-6-24-13/h2-5,8-9,16,19-20H,6-7H2,1H3,(H,18,21). The summed E-state index contributed by atoms with van der Waals surface area (Å²) >= 11 is 0. The van der Waals surface area contributed by atoms with Crippen molar-refractivity contribution < 1.29 is 22.7 Å². The largest absolute Gasteiger partial charge is 0.486 e. The lowest BCUT2D eigenvalue weighted by Gasteiger charge is -2.27. The van der Waals surface area contributed by atoms with Gasteiger partial charge in [-0.1, -0.05) is 6.07 Å². The molecule has 0 saturated carbocycles. The van der Waals surface area contributed by atoms with Gasteiger partial charge in [-0.15, -0.1) is 0 Å². The molecule has 0 aliphatic carbocycles. The second-order valence-electron chi connectivity index (χ2n) is 6.05. The normalized spacial score (nSPS) is 19.8. The molecule has 0 saturated heterocycles. The Labute approximate surface area is 150 Å². The highest BCUT2D eigenvalue weighted by Crippen LogP contribution is 2.33. The Hall–Kier alpha value is -2.78. The average molecular weight is 375 g/mol. The van der Waals surface area contributed by atoms with Crippen LogP contribution in [-0.4, -0.2) is 33.7 Å². The molecule has 2 heterocycles. The van der Waals surface area contributed by atoms with Crippen LogP contribution in [0.4, 0.5) is 11.4 Å². The van der Waals surface area contributed by atoms with Gasteiger partial charge in [-0.25, -0.2) is 8.42 Å². The van der Waals surface area contributed by atoms with Crippen LogP contribution >= 0.6 is 0 Å². The molecule has 8 nitrogen and oxygen atoms in total. The molecule has 26 heavy (non-hydrogen) atoms. The van der Waals surface area contributed by atoms with Crippen LogP contribution in [0, 0.1) is 6.92 Å².